The quantitative estimate of drug-likeness (QED) is 0.0200. The van der Waals surface area contributed by atoms with Crippen molar-refractivity contribution in [2.45, 2.75) is 194 Å². The Morgan fingerprint density at radius 2 is 0.714 bits per heavy atom. The van der Waals surface area contributed by atoms with E-state index in [1.807, 2.05) is 54.7 Å². The van der Waals surface area contributed by atoms with Crippen LogP contribution in [0.1, 0.15) is 188 Å². The average molecular weight is 869 g/mol. The highest BCUT2D eigenvalue weighted by Gasteiger charge is 2.19. The number of hydrogen-bond donors (Lipinski definition) is 0. The molecule has 1 atom stereocenters. The number of hydrogen-bond acceptors (Lipinski definition) is 6. The summed E-state index contributed by atoms with van der Waals surface area (Å²) in [4.78, 5) is 37.9. The van der Waals surface area contributed by atoms with Gasteiger partial charge in [0.05, 0.1) is 0 Å². The van der Waals surface area contributed by atoms with Crippen molar-refractivity contribution in [1.82, 2.24) is 0 Å². The molecule has 0 aromatic heterocycles. The van der Waals surface area contributed by atoms with Crippen molar-refractivity contribution in [1.29, 1.82) is 0 Å². The number of carbonyl (C=O) groups is 3. The molecule has 6 nitrogen and oxygen atoms in total. The molecule has 0 aromatic carbocycles. The third kappa shape index (κ3) is 48.4. The standard InChI is InChI=1S/C57H88O6/c1-4-7-10-13-16-19-22-25-26-27-28-29-30-33-35-38-41-44-47-50-56(59)62-53-54(63-57(60)51-48-45-42-39-36-32-24-21-18-15-12-9-6-3)52-61-55(58)49-46-43-40-37-34-31-23-20-17-14-11-8-5-2/h7,9-10,12,15-16,18-19,21,24-26,28-29,31-36,39,42,54H,4-6,8,11,13-14,17,20,22-23,27,30,37-38,40-41,43-53H2,1-3H3/b10-7+,12-9+,18-15+,19-16+,24-21+,26-25+,29-28+,34-31+,35-33+,36-32+,42-39+. The van der Waals surface area contributed by atoms with E-state index in [9.17, 15) is 14.4 Å². The fourth-order valence-corrected chi connectivity index (χ4v) is 6.08. The highest BCUT2D eigenvalue weighted by molar-refractivity contribution is 5.71. The number of allylic oxidation sites excluding steroid dienone is 22. The molecule has 0 heterocycles. The van der Waals surface area contributed by atoms with Crippen molar-refractivity contribution in [2.24, 2.45) is 0 Å². The van der Waals surface area contributed by atoms with Crippen molar-refractivity contribution >= 4 is 17.9 Å². The lowest BCUT2D eigenvalue weighted by molar-refractivity contribution is -0.167. The summed E-state index contributed by atoms with van der Waals surface area (Å²) in [7, 11) is 0. The average Bonchev–Trinajstić information content (AvgIpc) is 3.28. The fraction of sp³-hybridized carbons (Fsp3) is 0.561. The van der Waals surface area contributed by atoms with Crippen LogP contribution in [0, 0.1) is 0 Å². The molecule has 0 bridgehead atoms. The summed E-state index contributed by atoms with van der Waals surface area (Å²) in [6, 6.07) is 0. The second kappa shape index (κ2) is 50.2. The summed E-state index contributed by atoms with van der Waals surface area (Å²) in [5, 5.41) is 0. The van der Waals surface area contributed by atoms with Crippen molar-refractivity contribution in [2.75, 3.05) is 13.2 Å². The minimum atomic E-state index is -0.839. The zero-order chi connectivity index (χ0) is 45.8. The first-order valence-electron chi connectivity index (χ1n) is 24.8. The highest BCUT2D eigenvalue weighted by Crippen LogP contribution is 2.11. The Balaban J connectivity index is 4.57. The van der Waals surface area contributed by atoms with E-state index in [4.69, 9.17) is 14.2 Å². The van der Waals surface area contributed by atoms with Crippen molar-refractivity contribution < 1.29 is 28.6 Å². The van der Waals surface area contributed by atoms with Gasteiger partial charge in [-0.15, -0.1) is 0 Å². The molecular weight excluding hydrogens is 781 g/mol. The number of rotatable bonds is 42. The van der Waals surface area contributed by atoms with Crippen LogP contribution in [0.5, 0.6) is 0 Å². The smallest absolute Gasteiger partial charge is 0.306 e. The van der Waals surface area contributed by atoms with E-state index in [2.05, 4.69) is 99.8 Å². The molecule has 0 rings (SSSR count). The number of carbonyl (C=O) groups excluding carboxylic acids is 3. The van der Waals surface area contributed by atoms with Crippen LogP contribution >= 0.6 is 0 Å². The molecule has 0 aromatic rings. The third-order valence-electron chi connectivity index (χ3n) is 9.75. The molecule has 0 spiro atoms. The molecule has 0 aliphatic rings. The Morgan fingerprint density at radius 3 is 1.21 bits per heavy atom. The van der Waals surface area contributed by atoms with Crippen LogP contribution in [-0.4, -0.2) is 37.2 Å². The van der Waals surface area contributed by atoms with Crippen LogP contribution in [0.2, 0.25) is 0 Å². The van der Waals surface area contributed by atoms with E-state index in [1.54, 1.807) is 0 Å². The second-order valence-electron chi connectivity index (χ2n) is 15.7. The SMILES string of the molecule is CC/C=C/C=C/C=C/C=C/C=C/CCCC(=O)OC(COC(=O)CCCCC/C=C/C/C=C/C/C=C/C/C=C/C/C=C/CC)COC(=O)CCCCC/C=C/CCCCCCCC. The minimum Gasteiger partial charge on any atom is -0.462 e. The topological polar surface area (TPSA) is 78.9 Å². The normalized spacial score (nSPS) is 13.3. The predicted molar refractivity (Wildman–Crippen MR) is 269 cm³/mol. The first kappa shape index (κ1) is 58.6. The number of unbranched alkanes of at least 4 members (excludes halogenated alkanes) is 13. The number of ether oxygens (including phenoxy) is 3. The lowest BCUT2D eigenvalue weighted by Gasteiger charge is -2.18. The molecule has 0 aliphatic carbocycles. The van der Waals surface area contributed by atoms with Crippen molar-refractivity contribution in [3.63, 3.8) is 0 Å². The van der Waals surface area contributed by atoms with Gasteiger partial charge in [0.2, 0.25) is 0 Å². The van der Waals surface area contributed by atoms with Crippen LogP contribution < -0.4 is 0 Å². The van der Waals surface area contributed by atoms with Crippen LogP contribution in [0.25, 0.3) is 0 Å². The van der Waals surface area contributed by atoms with E-state index >= 15 is 0 Å². The molecule has 0 N–H and O–H groups in total. The van der Waals surface area contributed by atoms with Gasteiger partial charge < -0.3 is 14.2 Å². The van der Waals surface area contributed by atoms with Crippen LogP contribution in [0.4, 0.5) is 0 Å². The molecule has 6 heteroatoms. The van der Waals surface area contributed by atoms with Crippen molar-refractivity contribution in [3.05, 3.63) is 134 Å². The van der Waals surface area contributed by atoms with E-state index in [-0.39, 0.29) is 31.6 Å². The van der Waals surface area contributed by atoms with Gasteiger partial charge in [-0.1, -0.05) is 199 Å². The van der Waals surface area contributed by atoms with Crippen LogP contribution in [-0.2, 0) is 28.6 Å². The maximum atomic E-state index is 12.7. The van der Waals surface area contributed by atoms with E-state index < -0.39 is 12.1 Å². The predicted octanol–water partition coefficient (Wildman–Crippen LogP) is 16.3. The zero-order valence-corrected chi connectivity index (χ0v) is 40.0. The van der Waals surface area contributed by atoms with Gasteiger partial charge >= 0.3 is 17.9 Å². The van der Waals surface area contributed by atoms with Gasteiger partial charge in [-0.25, -0.2) is 0 Å². The summed E-state index contributed by atoms with van der Waals surface area (Å²) >= 11 is 0. The van der Waals surface area contributed by atoms with Gasteiger partial charge in [0.1, 0.15) is 13.2 Å². The van der Waals surface area contributed by atoms with Gasteiger partial charge in [0.15, 0.2) is 6.10 Å². The summed E-state index contributed by atoms with van der Waals surface area (Å²) in [6.45, 7) is 6.24. The summed E-state index contributed by atoms with van der Waals surface area (Å²) in [6.07, 6.45) is 70.1. The molecule has 63 heavy (non-hydrogen) atoms. The van der Waals surface area contributed by atoms with Gasteiger partial charge in [0, 0.05) is 19.3 Å². The molecule has 0 saturated heterocycles. The molecule has 0 radical (unpaired) electrons. The van der Waals surface area contributed by atoms with Crippen molar-refractivity contribution in [3.8, 4) is 0 Å². The summed E-state index contributed by atoms with van der Waals surface area (Å²) in [5.41, 5.74) is 0. The van der Waals surface area contributed by atoms with E-state index in [0.717, 1.165) is 103 Å². The molecule has 0 fully saturated rings. The Hall–Kier alpha value is -4.45. The molecular formula is C57H88O6. The molecule has 352 valence electrons. The Morgan fingerprint density at radius 1 is 0.349 bits per heavy atom. The Kier molecular flexibility index (Phi) is 46.7. The van der Waals surface area contributed by atoms with Gasteiger partial charge in [-0.2, -0.15) is 0 Å². The molecule has 0 saturated carbocycles. The van der Waals surface area contributed by atoms with Gasteiger partial charge in [-0.05, 0) is 103 Å². The maximum Gasteiger partial charge on any atom is 0.306 e. The first-order chi connectivity index (χ1) is 31.0. The monoisotopic (exact) mass is 869 g/mol. The number of esters is 3. The lowest BCUT2D eigenvalue weighted by Crippen LogP contribution is -2.30. The van der Waals surface area contributed by atoms with Gasteiger partial charge in [-0.3, -0.25) is 14.4 Å². The lowest BCUT2D eigenvalue weighted by atomic mass is 10.1. The van der Waals surface area contributed by atoms with E-state index in [1.165, 1.54) is 38.5 Å². The fourth-order valence-electron chi connectivity index (χ4n) is 6.08. The molecule has 0 aliphatic heterocycles. The summed E-state index contributed by atoms with van der Waals surface area (Å²) in [5.74, 6) is -1.07. The van der Waals surface area contributed by atoms with Crippen LogP contribution in [0.3, 0.4) is 0 Å². The molecule has 0 amide bonds. The Labute approximate surface area is 385 Å². The first-order valence-corrected chi connectivity index (χ1v) is 24.8. The molecule has 1 unspecified atom stereocenters. The zero-order valence-electron chi connectivity index (χ0n) is 40.0. The largest absolute Gasteiger partial charge is 0.462 e. The van der Waals surface area contributed by atoms with Gasteiger partial charge in [0.25, 0.3) is 0 Å². The third-order valence-corrected chi connectivity index (χ3v) is 9.75. The summed E-state index contributed by atoms with van der Waals surface area (Å²) < 4.78 is 16.6. The second-order valence-corrected chi connectivity index (χ2v) is 15.7. The Bertz CT molecular complexity index is 1420. The maximum absolute atomic E-state index is 12.7. The van der Waals surface area contributed by atoms with E-state index in [0.29, 0.717) is 19.3 Å². The highest BCUT2D eigenvalue weighted by atomic mass is 16.6. The minimum absolute atomic E-state index is 0.130. The van der Waals surface area contributed by atoms with Crippen LogP contribution in [0.15, 0.2) is 134 Å².